The molecule has 0 radical (unpaired) electrons. The molecule has 0 aromatic carbocycles. The monoisotopic (exact) mass is 995 g/mol. The Kier molecular flexibility index (Phi) is 57.7. The van der Waals surface area contributed by atoms with Gasteiger partial charge in [-0.15, -0.1) is 0 Å². The average Bonchev–Trinajstić information content (AvgIpc) is 3.37. The van der Waals surface area contributed by atoms with Crippen LogP contribution in [0.5, 0.6) is 0 Å². The number of rotatable bonds is 57. The van der Waals surface area contributed by atoms with E-state index in [9.17, 15) is 14.4 Å². The van der Waals surface area contributed by atoms with Gasteiger partial charge in [-0.2, -0.15) is 0 Å². The number of unbranched alkanes of at least 4 members (excludes halogenated alkanes) is 38. The molecule has 0 rings (SSSR count). The van der Waals surface area contributed by atoms with Gasteiger partial charge < -0.3 is 14.2 Å². The van der Waals surface area contributed by atoms with E-state index in [1.165, 1.54) is 193 Å². The van der Waals surface area contributed by atoms with Crippen molar-refractivity contribution in [3.63, 3.8) is 0 Å². The summed E-state index contributed by atoms with van der Waals surface area (Å²) in [7, 11) is 0. The fourth-order valence-corrected chi connectivity index (χ4v) is 9.20. The second kappa shape index (κ2) is 59.9. The Labute approximate surface area is 441 Å². The van der Waals surface area contributed by atoms with Gasteiger partial charge in [-0.25, -0.2) is 0 Å². The fraction of sp³-hybridized carbons (Fsp3) is 0.831. The van der Waals surface area contributed by atoms with E-state index in [-0.39, 0.29) is 31.1 Å². The molecule has 0 N–H and O–H groups in total. The zero-order valence-electron chi connectivity index (χ0n) is 47.5. The van der Waals surface area contributed by atoms with Gasteiger partial charge in [0, 0.05) is 19.3 Å². The third-order valence-corrected chi connectivity index (χ3v) is 13.8. The van der Waals surface area contributed by atoms with E-state index in [0.717, 1.165) is 96.3 Å². The van der Waals surface area contributed by atoms with E-state index in [0.29, 0.717) is 19.3 Å². The number of ether oxygens (including phenoxy) is 3. The van der Waals surface area contributed by atoms with Crippen LogP contribution in [0.4, 0.5) is 0 Å². The lowest BCUT2D eigenvalue weighted by molar-refractivity contribution is -0.167. The highest BCUT2D eigenvalue weighted by atomic mass is 16.6. The van der Waals surface area contributed by atoms with Crippen molar-refractivity contribution in [2.75, 3.05) is 13.2 Å². The molecule has 1 unspecified atom stereocenters. The first kappa shape index (κ1) is 68.4. The number of hydrogen-bond donors (Lipinski definition) is 0. The van der Waals surface area contributed by atoms with Gasteiger partial charge in [0.15, 0.2) is 6.10 Å². The minimum Gasteiger partial charge on any atom is -0.462 e. The van der Waals surface area contributed by atoms with Crippen molar-refractivity contribution in [3.05, 3.63) is 48.6 Å². The van der Waals surface area contributed by atoms with Crippen LogP contribution in [0.3, 0.4) is 0 Å². The molecule has 0 heterocycles. The van der Waals surface area contributed by atoms with Crippen molar-refractivity contribution in [1.29, 1.82) is 0 Å². The van der Waals surface area contributed by atoms with Crippen LogP contribution in [0.1, 0.15) is 329 Å². The molecule has 0 fully saturated rings. The molecule has 6 heteroatoms. The Balaban J connectivity index is 4.03. The smallest absolute Gasteiger partial charge is 0.306 e. The number of allylic oxidation sites excluding steroid dienone is 8. The molecule has 0 amide bonds. The predicted molar refractivity (Wildman–Crippen MR) is 307 cm³/mol. The summed E-state index contributed by atoms with van der Waals surface area (Å²) in [5, 5.41) is 0. The summed E-state index contributed by atoms with van der Waals surface area (Å²) in [6, 6.07) is 0. The minimum absolute atomic E-state index is 0.0757. The van der Waals surface area contributed by atoms with Gasteiger partial charge in [0.05, 0.1) is 0 Å². The maximum absolute atomic E-state index is 12.8. The summed E-state index contributed by atoms with van der Waals surface area (Å²) in [5.74, 6) is -0.884. The highest BCUT2D eigenvalue weighted by Gasteiger charge is 2.19. The lowest BCUT2D eigenvalue weighted by atomic mass is 10.0. The van der Waals surface area contributed by atoms with E-state index in [1.54, 1.807) is 0 Å². The molecule has 0 saturated heterocycles. The molecule has 414 valence electrons. The predicted octanol–water partition coefficient (Wildman–Crippen LogP) is 21.0. The molecular weight excluding hydrogens is 877 g/mol. The van der Waals surface area contributed by atoms with Gasteiger partial charge in [-0.1, -0.05) is 301 Å². The first-order valence-corrected chi connectivity index (χ1v) is 31.1. The molecule has 0 aliphatic rings. The summed E-state index contributed by atoms with van der Waals surface area (Å²) in [6.45, 7) is 6.50. The van der Waals surface area contributed by atoms with E-state index >= 15 is 0 Å². The molecule has 1 atom stereocenters. The number of hydrogen-bond acceptors (Lipinski definition) is 6. The quantitative estimate of drug-likeness (QED) is 0.0261. The number of esters is 3. The molecule has 0 aliphatic carbocycles. The van der Waals surface area contributed by atoms with Gasteiger partial charge >= 0.3 is 17.9 Å². The van der Waals surface area contributed by atoms with Crippen molar-refractivity contribution >= 4 is 17.9 Å². The van der Waals surface area contributed by atoms with Crippen LogP contribution in [-0.2, 0) is 28.6 Å². The molecule has 0 aliphatic heterocycles. The molecule has 6 nitrogen and oxygen atoms in total. The van der Waals surface area contributed by atoms with Gasteiger partial charge in [0.2, 0.25) is 0 Å². The van der Waals surface area contributed by atoms with E-state index in [4.69, 9.17) is 14.2 Å². The number of carbonyl (C=O) groups is 3. The van der Waals surface area contributed by atoms with Crippen LogP contribution >= 0.6 is 0 Å². The third-order valence-electron chi connectivity index (χ3n) is 13.8. The normalized spacial score (nSPS) is 12.3. The van der Waals surface area contributed by atoms with Crippen LogP contribution in [0.25, 0.3) is 0 Å². The Morgan fingerprint density at radius 3 is 0.859 bits per heavy atom. The van der Waals surface area contributed by atoms with Crippen molar-refractivity contribution in [2.45, 2.75) is 335 Å². The Morgan fingerprint density at radius 2 is 0.549 bits per heavy atom. The highest BCUT2D eigenvalue weighted by Crippen LogP contribution is 2.18. The molecule has 71 heavy (non-hydrogen) atoms. The third kappa shape index (κ3) is 58.1. The minimum atomic E-state index is -0.776. The molecule has 0 aromatic rings. The topological polar surface area (TPSA) is 78.9 Å². The molecule has 0 saturated carbocycles. The van der Waals surface area contributed by atoms with Crippen LogP contribution in [0.15, 0.2) is 48.6 Å². The summed E-state index contributed by atoms with van der Waals surface area (Å²) in [4.78, 5) is 37.9. The van der Waals surface area contributed by atoms with Crippen molar-refractivity contribution < 1.29 is 28.6 Å². The first-order valence-electron chi connectivity index (χ1n) is 31.1. The SMILES string of the molecule is CC/C=C\C/C=C\C/C=C\C/C=C\CCCCCCCCC(=O)OC(COC(=O)CCCCCCCC)COC(=O)CCCCCCCCCCCCCCCCCCCCCCCCCCCCCC. The lowest BCUT2D eigenvalue weighted by Gasteiger charge is -2.18. The number of carbonyl (C=O) groups excluding carboxylic acids is 3. The largest absolute Gasteiger partial charge is 0.462 e. The average molecular weight is 996 g/mol. The summed E-state index contributed by atoms with van der Waals surface area (Å²) >= 11 is 0. The van der Waals surface area contributed by atoms with Crippen LogP contribution in [0, 0.1) is 0 Å². The summed E-state index contributed by atoms with van der Waals surface area (Å²) in [6.07, 6.45) is 74.5. The van der Waals surface area contributed by atoms with E-state index in [2.05, 4.69) is 69.4 Å². The highest BCUT2D eigenvalue weighted by molar-refractivity contribution is 5.71. The van der Waals surface area contributed by atoms with Crippen molar-refractivity contribution in [2.24, 2.45) is 0 Å². The van der Waals surface area contributed by atoms with Crippen molar-refractivity contribution in [1.82, 2.24) is 0 Å². The van der Waals surface area contributed by atoms with Crippen LogP contribution in [-0.4, -0.2) is 37.2 Å². The molecule has 0 spiro atoms. The standard InChI is InChI=1S/C65H118O6/c1-4-7-10-13-16-18-20-22-24-26-28-29-30-31-32-33-34-35-36-38-39-41-43-45-47-49-52-55-58-64(67)70-61-62(60-69-63(66)57-54-51-15-12-9-6-3)71-65(68)59-56-53-50-48-46-44-42-40-37-27-25-23-21-19-17-14-11-8-5-2/h8,11,17,19,23,25,37,40,62H,4-7,9-10,12-16,18,20-22,24,26-36,38-39,41-61H2,1-3H3/b11-8-,19-17-,25-23-,40-37-. The second-order valence-electron chi connectivity index (χ2n) is 21.0. The van der Waals surface area contributed by atoms with Crippen molar-refractivity contribution in [3.8, 4) is 0 Å². The van der Waals surface area contributed by atoms with Gasteiger partial charge in [0.25, 0.3) is 0 Å². The van der Waals surface area contributed by atoms with E-state index in [1.807, 2.05) is 0 Å². The van der Waals surface area contributed by atoms with Gasteiger partial charge in [0.1, 0.15) is 13.2 Å². The lowest BCUT2D eigenvalue weighted by Crippen LogP contribution is -2.30. The zero-order valence-corrected chi connectivity index (χ0v) is 47.5. The van der Waals surface area contributed by atoms with Gasteiger partial charge in [-0.05, 0) is 57.8 Å². The zero-order chi connectivity index (χ0) is 51.4. The van der Waals surface area contributed by atoms with Crippen LogP contribution < -0.4 is 0 Å². The second-order valence-corrected chi connectivity index (χ2v) is 21.0. The molecule has 0 bridgehead atoms. The fourth-order valence-electron chi connectivity index (χ4n) is 9.20. The Hall–Kier alpha value is -2.63. The van der Waals surface area contributed by atoms with Crippen LogP contribution in [0.2, 0.25) is 0 Å². The molecule has 0 aromatic heterocycles. The maximum atomic E-state index is 12.8. The summed E-state index contributed by atoms with van der Waals surface area (Å²) in [5.41, 5.74) is 0. The molecular formula is C65H118O6. The summed E-state index contributed by atoms with van der Waals surface area (Å²) < 4.78 is 16.8. The Morgan fingerprint density at radius 1 is 0.296 bits per heavy atom. The van der Waals surface area contributed by atoms with E-state index < -0.39 is 6.10 Å². The Bertz CT molecular complexity index is 1230. The van der Waals surface area contributed by atoms with Gasteiger partial charge in [-0.3, -0.25) is 14.4 Å². The first-order chi connectivity index (χ1) is 35.0. The maximum Gasteiger partial charge on any atom is 0.306 e.